The first-order valence-electron chi connectivity index (χ1n) is 6.04. The van der Waals surface area contributed by atoms with Crippen molar-refractivity contribution >= 4 is 44.6 Å². The van der Waals surface area contributed by atoms with Crippen LogP contribution < -0.4 is 10.6 Å². The number of halogens is 2. The summed E-state index contributed by atoms with van der Waals surface area (Å²) in [5.41, 5.74) is 0.458. The van der Waals surface area contributed by atoms with Gasteiger partial charge in [-0.05, 0) is 18.2 Å². The van der Waals surface area contributed by atoms with Gasteiger partial charge in [-0.1, -0.05) is 23.2 Å². The van der Waals surface area contributed by atoms with E-state index in [-0.39, 0.29) is 29.9 Å². The molecule has 8 heteroatoms. The Labute approximate surface area is 127 Å². The molecule has 2 rings (SSSR count). The number of carbonyl (C=O) groups is 1. The molecule has 1 saturated heterocycles. The van der Waals surface area contributed by atoms with Crippen molar-refractivity contribution in [2.45, 2.75) is 12.5 Å². The van der Waals surface area contributed by atoms with Crippen LogP contribution in [-0.4, -0.2) is 38.4 Å². The van der Waals surface area contributed by atoms with Gasteiger partial charge in [-0.25, -0.2) is 8.42 Å². The first-order valence-corrected chi connectivity index (χ1v) is 8.62. The van der Waals surface area contributed by atoms with Crippen LogP contribution in [0.15, 0.2) is 18.2 Å². The second kappa shape index (κ2) is 6.30. The Kier molecular flexibility index (Phi) is 4.90. The van der Waals surface area contributed by atoms with Gasteiger partial charge < -0.3 is 10.6 Å². The molecule has 1 unspecified atom stereocenters. The molecule has 5 nitrogen and oxygen atoms in total. The SMILES string of the molecule is O=C(CC1CS(=O)(=O)CCN1)Nc1ccc(Cl)cc1Cl. The molecule has 1 aliphatic rings. The van der Waals surface area contributed by atoms with E-state index in [4.69, 9.17) is 23.2 Å². The summed E-state index contributed by atoms with van der Waals surface area (Å²) in [7, 11) is -3.05. The molecular weight excluding hydrogens is 323 g/mol. The van der Waals surface area contributed by atoms with Crippen LogP contribution in [0.4, 0.5) is 5.69 Å². The van der Waals surface area contributed by atoms with E-state index in [0.717, 1.165) is 0 Å². The summed E-state index contributed by atoms with van der Waals surface area (Å²) in [6.07, 6.45) is 0.0815. The molecule has 0 bridgehead atoms. The first kappa shape index (κ1) is 15.6. The van der Waals surface area contributed by atoms with Gasteiger partial charge in [0, 0.05) is 24.0 Å². The fourth-order valence-corrected chi connectivity index (χ4v) is 3.91. The predicted octanol–water partition coefficient (Wildman–Crippen LogP) is 1.71. The molecule has 1 aliphatic heterocycles. The van der Waals surface area contributed by atoms with Crippen molar-refractivity contribution < 1.29 is 13.2 Å². The zero-order valence-electron chi connectivity index (χ0n) is 10.5. The van der Waals surface area contributed by atoms with Gasteiger partial charge in [0.15, 0.2) is 9.84 Å². The average Bonchev–Trinajstić information content (AvgIpc) is 2.31. The van der Waals surface area contributed by atoms with Crippen LogP contribution in [0, 0.1) is 0 Å². The Morgan fingerprint density at radius 3 is 2.80 bits per heavy atom. The van der Waals surface area contributed by atoms with E-state index in [1.54, 1.807) is 12.1 Å². The second-order valence-electron chi connectivity index (χ2n) is 4.64. The third kappa shape index (κ3) is 4.34. The lowest BCUT2D eigenvalue weighted by Crippen LogP contribution is -2.46. The monoisotopic (exact) mass is 336 g/mol. The lowest BCUT2D eigenvalue weighted by molar-refractivity contribution is -0.116. The molecule has 1 fully saturated rings. The quantitative estimate of drug-likeness (QED) is 0.881. The van der Waals surface area contributed by atoms with E-state index in [1.165, 1.54) is 6.07 Å². The average molecular weight is 337 g/mol. The molecular formula is C12H14Cl2N2O3S. The summed E-state index contributed by atoms with van der Waals surface area (Å²) in [5, 5.41) is 6.49. The van der Waals surface area contributed by atoms with Gasteiger partial charge >= 0.3 is 0 Å². The molecule has 20 heavy (non-hydrogen) atoms. The van der Waals surface area contributed by atoms with Crippen molar-refractivity contribution in [3.8, 4) is 0 Å². The number of hydrogen-bond donors (Lipinski definition) is 2. The summed E-state index contributed by atoms with van der Waals surface area (Å²) in [6.45, 7) is 0.377. The summed E-state index contributed by atoms with van der Waals surface area (Å²) in [5.74, 6) is -0.188. The van der Waals surface area contributed by atoms with Gasteiger partial charge in [-0.15, -0.1) is 0 Å². The smallest absolute Gasteiger partial charge is 0.226 e. The maximum Gasteiger partial charge on any atom is 0.226 e. The molecule has 110 valence electrons. The standard InChI is InChI=1S/C12H14Cl2N2O3S/c13-8-1-2-11(10(14)5-8)16-12(17)6-9-7-20(18,19)4-3-15-9/h1-2,5,9,15H,3-4,6-7H2,(H,16,17). The van der Waals surface area contributed by atoms with E-state index in [2.05, 4.69) is 10.6 Å². The summed E-state index contributed by atoms with van der Waals surface area (Å²) < 4.78 is 23.0. The Morgan fingerprint density at radius 2 is 2.15 bits per heavy atom. The molecule has 0 saturated carbocycles. The van der Waals surface area contributed by atoms with Gasteiger partial charge in [0.1, 0.15) is 0 Å². The van der Waals surface area contributed by atoms with E-state index < -0.39 is 9.84 Å². The van der Waals surface area contributed by atoms with Crippen molar-refractivity contribution in [1.82, 2.24) is 5.32 Å². The molecule has 1 amide bonds. The first-order chi connectivity index (χ1) is 9.35. The van der Waals surface area contributed by atoms with E-state index >= 15 is 0 Å². The highest BCUT2D eigenvalue weighted by Gasteiger charge is 2.26. The van der Waals surface area contributed by atoms with Crippen LogP contribution in [-0.2, 0) is 14.6 Å². The maximum absolute atomic E-state index is 11.9. The van der Waals surface area contributed by atoms with E-state index in [9.17, 15) is 13.2 Å². The fraction of sp³-hybridized carbons (Fsp3) is 0.417. The Bertz CT molecular complexity index is 619. The van der Waals surface area contributed by atoms with Crippen molar-refractivity contribution in [2.24, 2.45) is 0 Å². The van der Waals surface area contributed by atoms with Crippen LogP contribution >= 0.6 is 23.2 Å². The van der Waals surface area contributed by atoms with E-state index in [0.29, 0.717) is 22.3 Å². The predicted molar refractivity (Wildman–Crippen MR) is 80.2 cm³/mol. The number of anilines is 1. The zero-order valence-corrected chi connectivity index (χ0v) is 12.9. The lowest BCUT2D eigenvalue weighted by atomic mass is 10.2. The molecule has 0 aromatic heterocycles. The van der Waals surface area contributed by atoms with Crippen molar-refractivity contribution in [2.75, 3.05) is 23.4 Å². The normalized spacial score (nSPS) is 21.4. The Balaban J connectivity index is 1.95. The third-order valence-corrected chi connectivity index (χ3v) is 5.22. The van der Waals surface area contributed by atoms with Crippen molar-refractivity contribution in [1.29, 1.82) is 0 Å². The minimum atomic E-state index is -3.05. The zero-order chi connectivity index (χ0) is 14.8. The third-order valence-electron chi connectivity index (χ3n) is 2.94. The van der Waals surface area contributed by atoms with Gasteiger partial charge in [0.05, 0.1) is 22.2 Å². The number of nitrogens with one attached hydrogen (secondary N) is 2. The molecule has 1 aromatic carbocycles. The second-order valence-corrected chi connectivity index (χ2v) is 7.71. The van der Waals surface area contributed by atoms with E-state index in [1.807, 2.05) is 0 Å². The lowest BCUT2D eigenvalue weighted by Gasteiger charge is -2.23. The molecule has 0 spiro atoms. The summed E-state index contributed by atoms with van der Waals surface area (Å²) in [4.78, 5) is 11.9. The van der Waals surface area contributed by atoms with Crippen LogP contribution in [0.2, 0.25) is 10.0 Å². The minimum absolute atomic E-state index is 0.0191. The number of benzene rings is 1. The number of amides is 1. The molecule has 0 radical (unpaired) electrons. The highest BCUT2D eigenvalue weighted by atomic mass is 35.5. The van der Waals surface area contributed by atoms with Gasteiger partial charge in [0.25, 0.3) is 0 Å². The molecule has 1 heterocycles. The van der Waals surface area contributed by atoms with Crippen LogP contribution in [0.1, 0.15) is 6.42 Å². The molecule has 1 atom stereocenters. The maximum atomic E-state index is 11.9. The van der Waals surface area contributed by atoms with Gasteiger partial charge in [0.2, 0.25) is 5.91 Å². The Hall–Kier alpha value is -0.820. The number of carbonyl (C=O) groups excluding carboxylic acids is 1. The number of hydrogen-bond acceptors (Lipinski definition) is 4. The summed E-state index contributed by atoms with van der Waals surface area (Å²) in [6, 6.07) is 4.39. The highest BCUT2D eigenvalue weighted by molar-refractivity contribution is 7.91. The van der Waals surface area contributed by atoms with Gasteiger partial charge in [-0.3, -0.25) is 4.79 Å². The topological polar surface area (TPSA) is 75.3 Å². The number of sulfone groups is 1. The van der Waals surface area contributed by atoms with Crippen LogP contribution in [0.3, 0.4) is 0 Å². The van der Waals surface area contributed by atoms with Crippen LogP contribution in [0.25, 0.3) is 0 Å². The molecule has 2 N–H and O–H groups in total. The van der Waals surface area contributed by atoms with Crippen molar-refractivity contribution in [3.63, 3.8) is 0 Å². The van der Waals surface area contributed by atoms with Gasteiger partial charge in [-0.2, -0.15) is 0 Å². The molecule has 1 aromatic rings. The highest BCUT2D eigenvalue weighted by Crippen LogP contribution is 2.25. The number of rotatable bonds is 3. The van der Waals surface area contributed by atoms with Crippen molar-refractivity contribution in [3.05, 3.63) is 28.2 Å². The largest absolute Gasteiger partial charge is 0.325 e. The minimum Gasteiger partial charge on any atom is -0.325 e. The Morgan fingerprint density at radius 1 is 1.40 bits per heavy atom. The summed E-state index contributed by atoms with van der Waals surface area (Å²) >= 11 is 11.7. The fourth-order valence-electron chi connectivity index (χ4n) is 2.01. The molecule has 0 aliphatic carbocycles. The van der Waals surface area contributed by atoms with Crippen LogP contribution in [0.5, 0.6) is 0 Å².